The zero-order chi connectivity index (χ0) is 25.8. The average Bonchev–Trinajstić information content (AvgIpc) is 2.79. The van der Waals surface area contributed by atoms with Crippen LogP contribution in [0.3, 0.4) is 0 Å². The molecular weight excluding hydrogens is 464 g/mol. The van der Waals surface area contributed by atoms with Crippen LogP contribution in [0.25, 0.3) is 0 Å². The number of sulfonamides is 1. The number of carbonyl (C=O) groups excluding carboxylic acids is 1. The number of anilines is 1. The van der Waals surface area contributed by atoms with Gasteiger partial charge in [-0.1, -0.05) is 47.5 Å². The molecule has 3 rings (SSSR count). The zero-order valence-electron chi connectivity index (χ0n) is 21.0. The fourth-order valence-corrected chi connectivity index (χ4v) is 5.90. The molecule has 3 aromatic rings. The summed E-state index contributed by atoms with van der Waals surface area (Å²) in [6.45, 7) is 7.16. The normalized spacial score (nSPS) is 11.4. The summed E-state index contributed by atoms with van der Waals surface area (Å²) in [7, 11) is -0.938. The largest absolute Gasteiger partial charge is 0.493 e. The molecule has 7 nitrogen and oxygen atoms in total. The van der Waals surface area contributed by atoms with E-state index < -0.39 is 15.9 Å². The summed E-state index contributed by atoms with van der Waals surface area (Å²) >= 11 is 0. The first-order valence-corrected chi connectivity index (χ1v) is 12.6. The zero-order valence-corrected chi connectivity index (χ0v) is 21.8. The monoisotopic (exact) mass is 496 g/mol. The van der Waals surface area contributed by atoms with Crippen LogP contribution in [0.5, 0.6) is 11.5 Å². The van der Waals surface area contributed by atoms with Gasteiger partial charge in [0.1, 0.15) is 0 Å². The van der Waals surface area contributed by atoms with Crippen LogP contribution in [-0.2, 0) is 21.4 Å². The van der Waals surface area contributed by atoms with Gasteiger partial charge in [0.15, 0.2) is 11.5 Å². The highest BCUT2D eigenvalue weighted by Gasteiger charge is 2.30. The van der Waals surface area contributed by atoms with Crippen molar-refractivity contribution in [1.29, 1.82) is 0 Å². The van der Waals surface area contributed by atoms with Gasteiger partial charge in [0.2, 0.25) is 15.9 Å². The Morgan fingerprint density at radius 1 is 0.829 bits per heavy atom. The Hall–Kier alpha value is -3.36. The minimum absolute atomic E-state index is 0.0642. The predicted octanol–water partition coefficient (Wildman–Crippen LogP) is 4.77. The van der Waals surface area contributed by atoms with Gasteiger partial charge in [0.05, 0.1) is 25.7 Å². The lowest BCUT2D eigenvalue weighted by atomic mass is 10.1. The van der Waals surface area contributed by atoms with Gasteiger partial charge in [-0.3, -0.25) is 4.79 Å². The number of hydrogen-bond acceptors (Lipinski definition) is 5. The lowest BCUT2D eigenvalue weighted by Crippen LogP contribution is -2.38. The Morgan fingerprint density at radius 2 is 1.43 bits per heavy atom. The van der Waals surface area contributed by atoms with E-state index in [0.717, 1.165) is 16.7 Å². The third-order valence-electron chi connectivity index (χ3n) is 5.67. The van der Waals surface area contributed by atoms with Gasteiger partial charge in [-0.05, 0) is 56.5 Å². The number of nitrogens with zero attached hydrogens (tertiary/aromatic N) is 1. The number of nitrogens with one attached hydrogen (secondary N) is 1. The first-order valence-electron chi connectivity index (χ1n) is 11.2. The Bertz CT molecular complexity index is 1290. The number of aryl methyl sites for hydroxylation is 4. The van der Waals surface area contributed by atoms with Crippen LogP contribution in [-0.4, -0.2) is 39.4 Å². The van der Waals surface area contributed by atoms with E-state index in [0.29, 0.717) is 28.3 Å². The van der Waals surface area contributed by atoms with E-state index in [1.165, 1.54) is 18.5 Å². The molecule has 0 radical (unpaired) electrons. The fraction of sp³-hybridized carbons (Fsp3) is 0.296. The Balaban J connectivity index is 1.94. The van der Waals surface area contributed by atoms with Crippen molar-refractivity contribution in [3.05, 3.63) is 82.4 Å². The molecule has 1 N–H and O–H groups in total. The van der Waals surface area contributed by atoms with E-state index in [1.807, 2.05) is 50.2 Å². The molecule has 0 spiro atoms. The molecule has 0 heterocycles. The van der Waals surface area contributed by atoms with Crippen LogP contribution < -0.4 is 14.8 Å². The van der Waals surface area contributed by atoms with E-state index >= 15 is 0 Å². The van der Waals surface area contributed by atoms with Crippen LogP contribution in [0.4, 0.5) is 5.69 Å². The summed E-state index contributed by atoms with van der Waals surface area (Å²) in [6, 6.07) is 16.3. The predicted molar refractivity (Wildman–Crippen MR) is 138 cm³/mol. The Morgan fingerprint density at radius 3 is 2.00 bits per heavy atom. The van der Waals surface area contributed by atoms with Gasteiger partial charge in [0, 0.05) is 18.3 Å². The standard InChI is InChI=1S/C27H32N2O5S/c1-18-7-9-22(10-8-18)16-29(35(31,32)27-20(3)13-19(2)14-21(27)4)17-26(30)28-23-11-12-24(33-5)25(15-23)34-6/h7-15H,16-17H2,1-6H3,(H,28,30). The quantitative estimate of drug-likeness (QED) is 0.461. The molecule has 0 unspecified atom stereocenters. The van der Waals surface area contributed by atoms with Crippen LogP contribution in [0.2, 0.25) is 0 Å². The summed E-state index contributed by atoms with van der Waals surface area (Å²) in [4.78, 5) is 13.3. The summed E-state index contributed by atoms with van der Waals surface area (Å²) in [6.07, 6.45) is 0. The van der Waals surface area contributed by atoms with Crippen molar-refractivity contribution in [2.75, 3.05) is 26.1 Å². The lowest BCUT2D eigenvalue weighted by molar-refractivity contribution is -0.116. The highest BCUT2D eigenvalue weighted by molar-refractivity contribution is 7.89. The van der Waals surface area contributed by atoms with Crippen molar-refractivity contribution in [2.24, 2.45) is 0 Å². The number of methoxy groups -OCH3 is 2. The highest BCUT2D eigenvalue weighted by atomic mass is 32.2. The molecule has 1 amide bonds. The summed E-state index contributed by atoms with van der Waals surface area (Å²) in [5, 5.41) is 2.77. The van der Waals surface area contributed by atoms with Gasteiger partial charge < -0.3 is 14.8 Å². The summed E-state index contributed by atoms with van der Waals surface area (Å²) in [5.41, 5.74) is 4.62. The maximum absolute atomic E-state index is 13.8. The molecular formula is C27H32N2O5S. The van der Waals surface area contributed by atoms with Gasteiger partial charge in [-0.25, -0.2) is 8.42 Å². The van der Waals surface area contributed by atoms with Crippen LogP contribution in [0, 0.1) is 27.7 Å². The molecule has 0 bridgehead atoms. The third-order valence-corrected chi connectivity index (χ3v) is 7.77. The van der Waals surface area contributed by atoms with Gasteiger partial charge in [-0.15, -0.1) is 0 Å². The molecule has 0 fully saturated rings. The second-order valence-corrected chi connectivity index (χ2v) is 10.5. The van der Waals surface area contributed by atoms with E-state index in [9.17, 15) is 13.2 Å². The lowest BCUT2D eigenvalue weighted by Gasteiger charge is -2.24. The summed E-state index contributed by atoms with van der Waals surface area (Å²) in [5.74, 6) is 0.523. The van der Waals surface area contributed by atoms with Crippen molar-refractivity contribution in [3.63, 3.8) is 0 Å². The van der Waals surface area contributed by atoms with Crippen molar-refractivity contribution < 1.29 is 22.7 Å². The molecule has 8 heteroatoms. The van der Waals surface area contributed by atoms with E-state index in [4.69, 9.17) is 9.47 Å². The van der Waals surface area contributed by atoms with Gasteiger partial charge in [-0.2, -0.15) is 4.31 Å². The fourth-order valence-electron chi connectivity index (χ4n) is 4.10. The van der Waals surface area contributed by atoms with E-state index in [1.54, 1.807) is 32.0 Å². The van der Waals surface area contributed by atoms with Crippen molar-refractivity contribution in [2.45, 2.75) is 39.1 Å². The Labute approximate surface area is 207 Å². The van der Waals surface area contributed by atoms with Gasteiger partial charge >= 0.3 is 0 Å². The van der Waals surface area contributed by atoms with Crippen molar-refractivity contribution in [1.82, 2.24) is 4.31 Å². The Kier molecular flexibility index (Phi) is 8.19. The van der Waals surface area contributed by atoms with Crippen LogP contribution in [0.15, 0.2) is 59.5 Å². The van der Waals surface area contributed by atoms with E-state index in [-0.39, 0.29) is 18.0 Å². The molecule has 35 heavy (non-hydrogen) atoms. The number of amides is 1. The molecule has 0 atom stereocenters. The summed E-state index contributed by atoms with van der Waals surface area (Å²) < 4.78 is 39.4. The molecule has 0 aliphatic heterocycles. The number of ether oxygens (including phenoxy) is 2. The molecule has 3 aromatic carbocycles. The van der Waals surface area contributed by atoms with Crippen LogP contribution in [0.1, 0.15) is 27.8 Å². The number of rotatable bonds is 9. The van der Waals surface area contributed by atoms with Crippen LogP contribution >= 0.6 is 0 Å². The maximum Gasteiger partial charge on any atom is 0.244 e. The third kappa shape index (κ3) is 6.21. The topological polar surface area (TPSA) is 84.9 Å². The molecule has 0 saturated heterocycles. The first-order chi connectivity index (χ1) is 16.5. The minimum Gasteiger partial charge on any atom is -0.493 e. The maximum atomic E-state index is 13.8. The first kappa shape index (κ1) is 26.2. The van der Waals surface area contributed by atoms with Gasteiger partial charge in [0.25, 0.3) is 0 Å². The second-order valence-electron chi connectivity index (χ2n) is 8.60. The minimum atomic E-state index is -3.97. The SMILES string of the molecule is COc1ccc(NC(=O)CN(Cc2ccc(C)cc2)S(=O)(=O)c2c(C)cc(C)cc2C)cc1OC. The smallest absolute Gasteiger partial charge is 0.244 e. The second kappa shape index (κ2) is 10.9. The van der Waals surface area contributed by atoms with Crippen molar-refractivity contribution in [3.8, 4) is 11.5 Å². The molecule has 0 aliphatic rings. The molecule has 0 saturated carbocycles. The number of carbonyl (C=O) groups is 1. The molecule has 186 valence electrons. The number of benzene rings is 3. The van der Waals surface area contributed by atoms with E-state index in [2.05, 4.69) is 5.32 Å². The number of hydrogen-bond donors (Lipinski definition) is 1. The molecule has 0 aliphatic carbocycles. The molecule has 0 aromatic heterocycles. The highest BCUT2D eigenvalue weighted by Crippen LogP contribution is 2.30. The van der Waals surface area contributed by atoms with Crippen molar-refractivity contribution >= 4 is 21.6 Å². The average molecular weight is 497 g/mol.